The molecule has 298 valence electrons. The zero-order valence-electron chi connectivity index (χ0n) is 33.6. The van der Waals surface area contributed by atoms with Crippen LogP contribution in [0.4, 0.5) is 0 Å². The van der Waals surface area contributed by atoms with Crippen LogP contribution < -0.4 is 0 Å². The number of rotatable bonds is 36. The molecule has 2 atom stereocenters. The molecule has 0 amide bonds. The maximum absolute atomic E-state index is 12.0. The monoisotopic (exact) mass is 727 g/mol. The summed E-state index contributed by atoms with van der Waals surface area (Å²) in [5, 5.41) is 20.1. The van der Waals surface area contributed by atoms with E-state index in [1.54, 1.807) is 6.08 Å². The Morgan fingerprint density at radius 1 is 0.538 bits per heavy atom. The van der Waals surface area contributed by atoms with Crippen molar-refractivity contribution in [2.75, 3.05) is 13.2 Å². The average molecular weight is 727 g/mol. The van der Waals surface area contributed by atoms with E-state index in [0.29, 0.717) is 19.3 Å². The first-order valence-corrected chi connectivity index (χ1v) is 21.0. The Morgan fingerprint density at radius 2 is 1.00 bits per heavy atom. The number of ether oxygens (including phenoxy) is 2. The number of unbranched alkanes of at least 4 members (excludes halogenated alkanes) is 14. The maximum atomic E-state index is 12.0. The maximum Gasteiger partial charge on any atom is 0.306 e. The number of allylic oxidation sites excluding steroid dienone is 10. The van der Waals surface area contributed by atoms with Gasteiger partial charge in [0.15, 0.2) is 0 Å². The van der Waals surface area contributed by atoms with Crippen LogP contribution in [0.25, 0.3) is 0 Å². The van der Waals surface area contributed by atoms with Gasteiger partial charge in [-0.25, -0.2) is 0 Å². The molecule has 0 aliphatic carbocycles. The van der Waals surface area contributed by atoms with Crippen molar-refractivity contribution in [1.82, 2.24) is 0 Å². The molecule has 0 rings (SSSR count). The van der Waals surface area contributed by atoms with Gasteiger partial charge in [0, 0.05) is 12.8 Å². The summed E-state index contributed by atoms with van der Waals surface area (Å²) in [7, 11) is 0. The largest absolute Gasteiger partial charge is 0.463 e. The number of aliphatic hydroxyl groups excluding tert-OH is 2. The Balaban J connectivity index is 3.64. The molecule has 1 unspecified atom stereocenters. The Labute approximate surface area is 319 Å². The molecule has 2 N–H and O–H groups in total. The molecule has 0 bridgehead atoms. The highest BCUT2D eigenvalue weighted by Gasteiger charge is 2.12. The molecule has 0 spiro atoms. The smallest absolute Gasteiger partial charge is 0.306 e. The van der Waals surface area contributed by atoms with Gasteiger partial charge in [-0.3, -0.25) is 9.59 Å². The van der Waals surface area contributed by atoms with Gasteiger partial charge in [-0.1, -0.05) is 190 Å². The highest BCUT2D eigenvalue weighted by atomic mass is 16.6. The van der Waals surface area contributed by atoms with E-state index in [1.165, 1.54) is 83.5 Å². The minimum absolute atomic E-state index is 0.170. The average Bonchev–Trinajstić information content (AvgIpc) is 3.12. The molecule has 0 aliphatic heterocycles. The summed E-state index contributed by atoms with van der Waals surface area (Å²) in [6, 6.07) is 0. The fourth-order valence-electron chi connectivity index (χ4n) is 5.56. The summed E-state index contributed by atoms with van der Waals surface area (Å²) in [6.45, 7) is 6.39. The van der Waals surface area contributed by atoms with Gasteiger partial charge in [-0.2, -0.15) is 0 Å². The molecule has 6 nitrogen and oxygen atoms in total. The highest BCUT2D eigenvalue weighted by molar-refractivity contribution is 5.70. The number of carbonyl (C=O) groups excluding carboxylic acids is 2. The minimum atomic E-state index is -1.03. The van der Waals surface area contributed by atoms with Crippen LogP contribution >= 0.6 is 0 Å². The zero-order chi connectivity index (χ0) is 38.2. The van der Waals surface area contributed by atoms with Crippen molar-refractivity contribution in [3.63, 3.8) is 0 Å². The summed E-state index contributed by atoms with van der Waals surface area (Å²) < 4.78 is 10.3. The van der Waals surface area contributed by atoms with Crippen LogP contribution in [0, 0.1) is 5.92 Å². The standard InChI is InChI=1S/C46H78O6/c1-4-5-6-7-8-9-10-14-18-21-24-27-31-36-43(47)37-32-29-34-39-46(50)52-41-44(48)40-51-45(49)38-33-28-25-22-19-16-13-11-12-15-17-20-23-26-30-35-42(2)3/h5-6,8-9,14,18,24,27,29,31-32,36,42-44,47-48H,4,7,10-13,15-17,19-23,25-26,28,30,33-35,37-41H2,1-3H3/b6-5-,9-8-,18-14-,27-24-,32-29-,36-31-/t43?,44-/m0/s1. The van der Waals surface area contributed by atoms with Crippen LogP contribution in [0.15, 0.2) is 72.9 Å². The van der Waals surface area contributed by atoms with Crippen LogP contribution in [0.3, 0.4) is 0 Å². The van der Waals surface area contributed by atoms with Gasteiger partial charge < -0.3 is 19.7 Å². The molecule has 6 heteroatoms. The Morgan fingerprint density at radius 3 is 1.52 bits per heavy atom. The van der Waals surface area contributed by atoms with Crippen molar-refractivity contribution in [2.24, 2.45) is 5.92 Å². The van der Waals surface area contributed by atoms with E-state index in [-0.39, 0.29) is 25.6 Å². The molecule has 0 fully saturated rings. The van der Waals surface area contributed by atoms with E-state index in [9.17, 15) is 19.8 Å². The summed E-state index contributed by atoms with van der Waals surface area (Å²) in [5.74, 6) is 0.105. The number of esters is 2. The molecule has 0 aromatic heterocycles. The van der Waals surface area contributed by atoms with E-state index in [1.807, 2.05) is 30.4 Å². The third kappa shape index (κ3) is 40.1. The van der Waals surface area contributed by atoms with Gasteiger partial charge in [0.05, 0.1) is 6.10 Å². The van der Waals surface area contributed by atoms with Gasteiger partial charge in [-0.15, -0.1) is 0 Å². The molecule has 0 aromatic carbocycles. The van der Waals surface area contributed by atoms with E-state index >= 15 is 0 Å². The predicted octanol–water partition coefficient (Wildman–Crippen LogP) is 12.2. The molecular formula is C46H78O6. The van der Waals surface area contributed by atoms with Crippen LogP contribution in [0.1, 0.15) is 175 Å². The molecular weight excluding hydrogens is 648 g/mol. The van der Waals surface area contributed by atoms with Crippen LogP contribution in [-0.4, -0.2) is 47.6 Å². The van der Waals surface area contributed by atoms with Gasteiger partial charge >= 0.3 is 11.9 Å². The van der Waals surface area contributed by atoms with Crippen LogP contribution in [0.2, 0.25) is 0 Å². The lowest BCUT2D eigenvalue weighted by atomic mass is 10.0. The van der Waals surface area contributed by atoms with E-state index in [2.05, 4.69) is 57.2 Å². The lowest BCUT2D eigenvalue weighted by Crippen LogP contribution is -2.25. The first kappa shape index (κ1) is 49.3. The lowest BCUT2D eigenvalue weighted by Gasteiger charge is -2.12. The SMILES string of the molecule is CC/C=C\C/C=C\C/C=C\C/C=C\C=C/C(O)C/C=C\CCC(=O)OC[C@@H](O)COC(=O)CCCCCCCCCCCCCCCCCC(C)C. The predicted molar refractivity (Wildman–Crippen MR) is 220 cm³/mol. The second kappa shape index (κ2) is 39.5. The summed E-state index contributed by atoms with van der Waals surface area (Å²) >= 11 is 0. The van der Waals surface area contributed by atoms with E-state index < -0.39 is 18.2 Å². The fraction of sp³-hybridized carbons (Fsp3) is 0.696. The van der Waals surface area contributed by atoms with E-state index in [4.69, 9.17) is 9.47 Å². The Kier molecular flexibility index (Phi) is 37.5. The first-order chi connectivity index (χ1) is 25.3. The quantitative estimate of drug-likeness (QED) is 0.0289. The van der Waals surface area contributed by atoms with E-state index in [0.717, 1.165) is 50.9 Å². The van der Waals surface area contributed by atoms with Crippen molar-refractivity contribution >= 4 is 11.9 Å². The van der Waals surface area contributed by atoms with Crippen molar-refractivity contribution in [3.8, 4) is 0 Å². The highest BCUT2D eigenvalue weighted by Crippen LogP contribution is 2.15. The molecule has 0 aliphatic rings. The van der Waals surface area contributed by atoms with Gasteiger partial charge in [0.2, 0.25) is 0 Å². The minimum Gasteiger partial charge on any atom is -0.463 e. The van der Waals surface area contributed by atoms with Crippen molar-refractivity contribution < 1.29 is 29.3 Å². The number of hydrogen-bond acceptors (Lipinski definition) is 6. The third-order valence-electron chi connectivity index (χ3n) is 8.73. The summed E-state index contributed by atoms with van der Waals surface area (Å²) in [4.78, 5) is 24.0. The van der Waals surface area contributed by atoms with Crippen LogP contribution in [0.5, 0.6) is 0 Å². The van der Waals surface area contributed by atoms with Crippen molar-refractivity contribution in [2.45, 2.75) is 187 Å². The second-order valence-corrected chi connectivity index (χ2v) is 14.4. The Bertz CT molecular complexity index is 989. The summed E-state index contributed by atoms with van der Waals surface area (Å²) in [5.41, 5.74) is 0. The molecule has 0 radical (unpaired) electrons. The van der Waals surface area contributed by atoms with Gasteiger partial charge in [0.1, 0.15) is 19.3 Å². The lowest BCUT2D eigenvalue weighted by molar-refractivity contribution is -0.152. The zero-order valence-corrected chi connectivity index (χ0v) is 33.6. The molecule has 0 saturated heterocycles. The molecule has 0 aromatic rings. The topological polar surface area (TPSA) is 93.1 Å². The number of aliphatic hydroxyl groups is 2. The molecule has 0 heterocycles. The van der Waals surface area contributed by atoms with Gasteiger partial charge in [0.25, 0.3) is 0 Å². The molecule has 0 saturated carbocycles. The number of hydrogen-bond donors (Lipinski definition) is 2. The fourth-order valence-corrected chi connectivity index (χ4v) is 5.56. The van der Waals surface area contributed by atoms with Gasteiger partial charge in [-0.05, 0) is 50.9 Å². The molecule has 52 heavy (non-hydrogen) atoms. The first-order valence-electron chi connectivity index (χ1n) is 21.0. The third-order valence-corrected chi connectivity index (χ3v) is 8.73. The number of carbonyl (C=O) groups is 2. The van der Waals surface area contributed by atoms with Crippen LogP contribution in [-0.2, 0) is 19.1 Å². The van der Waals surface area contributed by atoms with Crippen molar-refractivity contribution in [1.29, 1.82) is 0 Å². The second-order valence-electron chi connectivity index (χ2n) is 14.4. The van der Waals surface area contributed by atoms with Crippen molar-refractivity contribution in [3.05, 3.63) is 72.9 Å². The summed E-state index contributed by atoms with van der Waals surface area (Å²) in [6.07, 6.45) is 48.5. The normalized spacial score (nSPS) is 13.7. The Hall–Kier alpha value is -2.70.